The van der Waals surface area contributed by atoms with E-state index in [-0.39, 0.29) is 45.6 Å². The van der Waals surface area contributed by atoms with Gasteiger partial charge in [-0.15, -0.1) is 0 Å². The lowest BCUT2D eigenvalue weighted by Crippen LogP contribution is -2.61. The minimum Gasteiger partial charge on any atom is -0.354 e. The number of benzene rings is 2. The molecule has 0 bridgehead atoms. The lowest BCUT2D eigenvalue weighted by molar-refractivity contribution is -0.839. The number of anilines is 1. The molecule has 8 heteroatoms. The van der Waals surface area contributed by atoms with Crippen molar-refractivity contribution in [3.8, 4) is 0 Å². The van der Waals surface area contributed by atoms with Crippen LogP contribution < -0.4 is 10.2 Å². The maximum Gasteiger partial charge on any atom is 0.319 e. The van der Waals surface area contributed by atoms with Gasteiger partial charge in [-0.2, -0.15) is 0 Å². The number of likely N-dealkylation sites (N-methyl/N-ethyl adjacent to an activating group) is 2. The van der Waals surface area contributed by atoms with E-state index in [4.69, 9.17) is 11.6 Å². The Hall–Kier alpha value is -2.74. The quantitative estimate of drug-likeness (QED) is 0.470. The number of nitrogens with one attached hydrogen (secondary N) is 1. The average molecular weight is 596 g/mol. The minimum absolute atomic E-state index is 0.0216. The molecule has 0 saturated carbocycles. The molecule has 5 atom stereocenters. The number of amides is 3. The number of halogens is 1. The van der Waals surface area contributed by atoms with Crippen LogP contribution in [-0.2, 0) is 14.4 Å². The summed E-state index contributed by atoms with van der Waals surface area (Å²) in [6.07, 6.45) is 0.402. The van der Waals surface area contributed by atoms with Gasteiger partial charge in [-0.1, -0.05) is 62.2 Å². The Morgan fingerprint density at radius 2 is 1.55 bits per heavy atom. The highest BCUT2D eigenvalue weighted by Crippen LogP contribution is 2.42. The molecule has 0 spiro atoms. The zero-order valence-corrected chi connectivity index (χ0v) is 27.5. The molecule has 0 aliphatic carbocycles. The fourth-order valence-electron chi connectivity index (χ4n) is 6.68. The van der Waals surface area contributed by atoms with Gasteiger partial charge >= 0.3 is 5.91 Å². The number of carbonyl (C=O) groups excluding carboxylic acids is 3. The maximum atomic E-state index is 14.9. The second kappa shape index (κ2) is 11.7. The van der Waals surface area contributed by atoms with E-state index in [0.29, 0.717) is 24.5 Å². The van der Waals surface area contributed by atoms with Crippen molar-refractivity contribution in [1.29, 1.82) is 0 Å². The molecule has 1 N–H and O–H groups in total. The first-order chi connectivity index (χ1) is 19.5. The van der Waals surface area contributed by atoms with Gasteiger partial charge in [-0.3, -0.25) is 19.0 Å². The molecule has 0 aromatic heterocycles. The van der Waals surface area contributed by atoms with Crippen molar-refractivity contribution in [2.24, 2.45) is 11.3 Å². The third-order valence-electron chi connectivity index (χ3n) is 9.25. The Labute approximate surface area is 256 Å². The Kier molecular flexibility index (Phi) is 9.00. The van der Waals surface area contributed by atoms with Crippen molar-refractivity contribution >= 4 is 35.0 Å². The fourth-order valence-corrected chi connectivity index (χ4v) is 6.81. The molecular weight excluding hydrogens is 548 g/mol. The van der Waals surface area contributed by atoms with Crippen LogP contribution in [0.2, 0.25) is 5.02 Å². The van der Waals surface area contributed by atoms with Crippen molar-refractivity contribution < 1.29 is 18.9 Å². The van der Waals surface area contributed by atoms with E-state index in [1.807, 2.05) is 88.2 Å². The first-order valence-electron chi connectivity index (χ1n) is 15.0. The van der Waals surface area contributed by atoms with E-state index < -0.39 is 11.5 Å². The van der Waals surface area contributed by atoms with Gasteiger partial charge < -0.3 is 10.2 Å². The van der Waals surface area contributed by atoms with Crippen LogP contribution in [0.15, 0.2) is 48.5 Å². The Morgan fingerprint density at radius 1 is 0.952 bits per heavy atom. The molecule has 2 fully saturated rings. The summed E-state index contributed by atoms with van der Waals surface area (Å²) in [5.41, 5.74) is 2.22. The standard InChI is InChI=1S/C34H47ClN4O3/c1-22-10-16-25(17-11-22)38(32(42)33(2,3)4)26-18-29(30(40)36-8)39(9,21-26)31(41)28-20-37(34(5,6)7)19-27(28)23-12-14-24(35)15-13-23/h10-17,26-29H,18-21H2,1-9H3/p+1/t26-,27-,28+,29-,39?/m0/s1. The molecule has 2 aliphatic rings. The number of quaternary nitrogens is 1. The normalized spacial score (nSPS) is 26.7. The molecule has 2 aromatic rings. The Bertz CT molecular complexity index is 1310. The van der Waals surface area contributed by atoms with Crippen LogP contribution >= 0.6 is 11.6 Å². The van der Waals surface area contributed by atoms with Crippen molar-refractivity contribution in [1.82, 2.24) is 10.2 Å². The first-order valence-corrected chi connectivity index (χ1v) is 15.4. The van der Waals surface area contributed by atoms with Crippen molar-refractivity contribution in [3.63, 3.8) is 0 Å². The molecule has 2 saturated heterocycles. The van der Waals surface area contributed by atoms with Crippen LogP contribution in [0.4, 0.5) is 5.69 Å². The molecule has 2 aromatic carbocycles. The van der Waals surface area contributed by atoms with Crippen LogP contribution in [0.25, 0.3) is 0 Å². The van der Waals surface area contributed by atoms with Gasteiger partial charge in [-0.25, -0.2) is 4.79 Å². The fraction of sp³-hybridized carbons (Fsp3) is 0.559. The van der Waals surface area contributed by atoms with E-state index in [0.717, 1.165) is 23.4 Å². The van der Waals surface area contributed by atoms with E-state index in [9.17, 15) is 14.4 Å². The highest BCUT2D eigenvalue weighted by Gasteiger charge is 2.59. The van der Waals surface area contributed by atoms with E-state index in [1.54, 1.807) is 7.05 Å². The predicted molar refractivity (Wildman–Crippen MR) is 169 cm³/mol. The monoisotopic (exact) mass is 595 g/mol. The van der Waals surface area contributed by atoms with Gasteiger partial charge in [0.15, 0.2) is 6.04 Å². The van der Waals surface area contributed by atoms with E-state index in [2.05, 4.69) is 31.0 Å². The zero-order chi connectivity index (χ0) is 31.2. The Balaban J connectivity index is 1.76. The lowest BCUT2D eigenvalue weighted by atomic mass is 9.87. The van der Waals surface area contributed by atoms with Crippen molar-refractivity contribution in [2.45, 2.75) is 78.4 Å². The largest absolute Gasteiger partial charge is 0.354 e. The molecule has 7 nitrogen and oxygen atoms in total. The van der Waals surface area contributed by atoms with Crippen molar-refractivity contribution in [3.05, 3.63) is 64.7 Å². The lowest BCUT2D eigenvalue weighted by Gasteiger charge is -2.37. The number of aryl methyl sites for hydroxylation is 1. The summed E-state index contributed by atoms with van der Waals surface area (Å²) in [7, 11) is 3.52. The number of carbonyl (C=O) groups is 3. The number of hydrogen-bond acceptors (Lipinski definition) is 4. The topological polar surface area (TPSA) is 69.7 Å². The van der Waals surface area contributed by atoms with Gasteiger partial charge in [0.2, 0.25) is 5.91 Å². The molecular formula is C34H48ClN4O3+. The van der Waals surface area contributed by atoms with Crippen molar-refractivity contribution in [2.75, 3.05) is 38.6 Å². The van der Waals surface area contributed by atoms with Gasteiger partial charge in [0, 0.05) is 54.1 Å². The van der Waals surface area contributed by atoms with Crippen LogP contribution in [0.5, 0.6) is 0 Å². The third kappa shape index (κ3) is 6.29. The molecule has 1 unspecified atom stereocenters. The summed E-state index contributed by atoms with van der Waals surface area (Å²) in [5.74, 6) is -0.490. The summed E-state index contributed by atoms with van der Waals surface area (Å²) < 4.78 is -0.0448. The average Bonchev–Trinajstić information content (AvgIpc) is 3.52. The number of rotatable bonds is 5. The molecule has 3 amide bonds. The first kappa shape index (κ1) is 32.2. The summed E-state index contributed by atoms with van der Waals surface area (Å²) in [4.78, 5) is 46.5. The van der Waals surface area contributed by atoms with Gasteiger partial charge in [0.25, 0.3) is 5.91 Å². The molecule has 2 heterocycles. The summed E-state index contributed by atoms with van der Waals surface area (Å²) in [6, 6.07) is 14.8. The van der Waals surface area contributed by atoms with E-state index in [1.165, 1.54) is 0 Å². The highest BCUT2D eigenvalue weighted by molar-refractivity contribution is 6.30. The number of likely N-dealkylation sites (tertiary alicyclic amines) is 2. The molecule has 2 aliphatic heterocycles. The molecule has 0 radical (unpaired) electrons. The smallest absolute Gasteiger partial charge is 0.319 e. The van der Waals surface area contributed by atoms with Crippen LogP contribution in [0.1, 0.15) is 65.0 Å². The van der Waals surface area contributed by atoms with E-state index >= 15 is 0 Å². The van der Waals surface area contributed by atoms with Crippen LogP contribution in [0, 0.1) is 18.3 Å². The van der Waals surface area contributed by atoms with Crippen LogP contribution in [-0.4, -0.2) is 78.5 Å². The maximum absolute atomic E-state index is 14.9. The number of hydrogen-bond donors (Lipinski definition) is 1. The van der Waals surface area contributed by atoms with Gasteiger partial charge in [0.05, 0.1) is 19.0 Å². The summed E-state index contributed by atoms with van der Waals surface area (Å²) in [6.45, 7) is 16.0. The second-order valence-corrected chi connectivity index (χ2v) is 14.8. The second-order valence-electron chi connectivity index (χ2n) is 14.4. The molecule has 4 rings (SSSR count). The minimum atomic E-state index is -0.637. The van der Waals surface area contributed by atoms with Gasteiger partial charge in [-0.05, 0) is 57.5 Å². The Morgan fingerprint density at radius 3 is 2.07 bits per heavy atom. The highest BCUT2D eigenvalue weighted by atomic mass is 35.5. The summed E-state index contributed by atoms with van der Waals surface area (Å²) in [5, 5.41) is 3.48. The molecule has 42 heavy (non-hydrogen) atoms. The summed E-state index contributed by atoms with van der Waals surface area (Å²) >= 11 is 6.22. The van der Waals surface area contributed by atoms with Crippen LogP contribution in [0.3, 0.4) is 0 Å². The van der Waals surface area contributed by atoms with Gasteiger partial charge in [0.1, 0.15) is 6.54 Å². The third-order valence-corrected chi connectivity index (χ3v) is 9.50. The zero-order valence-electron chi connectivity index (χ0n) is 26.7. The number of nitrogens with zero attached hydrogens (tertiary/aromatic N) is 3. The molecule has 228 valence electrons. The SMILES string of the molecule is CNC(=O)[C@@H]1C[C@H](N(C(=O)C(C)(C)C)c2ccc(C)cc2)C[N+]1(C)C(=O)[C@@H]1CN(C(C)(C)C)C[C@H]1c1ccc(Cl)cc1. The predicted octanol–water partition coefficient (Wildman–Crippen LogP) is 5.40.